The van der Waals surface area contributed by atoms with Gasteiger partial charge in [0.15, 0.2) is 5.82 Å². The zero-order chi connectivity index (χ0) is 30.7. The van der Waals surface area contributed by atoms with Crippen molar-refractivity contribution < 1.29 is 23.0 Å². The van der Waals surface area contributed by atoms with Crippen LogP contribution >= 0.6 is 22.9 Å². The SMILES string of the molecule is N#Cc1c(N)sc2c(F)ccc(-c3c(Cl)cc4c(N5CCC=CC(O)C5)nc(OC[C@@]56CCCN5C[C@H](F)C6)nc4c3F)c12. The lowest BCUT2D eigenvalue weighted by molar-refractivity contribution is 0.107. The van der Waals surface area contributed by atoms with Crippen LogP contribution in [0.2, 0.25) is 5.02 Å². The van der Waals surface area contributed by atoms with Crippen LogP contribution in [0, 0.1) is 23.0 Å². The zero-order valence-corrected chi connectivity index (χ0v) is 25.1. The van der Waals surface area contributed by atoms with Gasteiger partial charge in [-0.25, -0.2) is 13.2 Å². The number of rotatable bonds is 5. The number of hydrogen-bond donors (Lipinski definition) is 2. The number of β-amino-alcohol motifs (C(OH)–C–C–N with tert-alkyl or cyclic N) is 1. The van der Waals surface area contributed by atoms with Gasteiger partial charge in [-0.3, -0.25) is 4.90 Å². The largest absolute Gasteiger partial charge is 0.461 e. The molecule has 7 rings (SSSR count). The highest BCUT2D eigenvalue weighted by Gasteiger charge is 2.49. The summed E-state index contributed by atoms with van der Waals surface area (Å²) in [6.45, 7) is 1.96. The van der Waals surface area contributed by atoms with Crippen LogP contribution in [0.3, 0.4) is 0 Å². The number of halogens is 4. The number of fused-ring (bicyclic) bond motifs is 3. The van der Waals surface area contributed by atoms with Crippen LogP contribution in [-0.4, -0.2) is 70.6 Å². The van der Waals surface area contributed by atoms with Gasteiger partial charge >= 0.3 is 6.01 Å². The van der Waals surface area contributed by atoms with Crippen molar-refractivity contribution in [2.45, 2.75) is 43.5 Å². The van der Waals surface area contributed by atoms with E-state index in [0.29, 0.717) is 37.1 Å². The van der Waals surface area contributed by atoms with E-state index in [1.165, 1.54) is 18.2 Å². The molecule has 1 unspecified atom stereocenters. The summed E-state index contributed by atoms with van der Waals surface area (Å²) in [6.07, 6.45) is 4.51. The number of nitriles is 1. The Kier molecular flexibility index (Phi) is 7.32. The van der Waals surface area contributed by atoms with Gasteiger partial charge in [0.25, 0.3) is 0 Å². The first-order valence-electron chi connectivity index (χ1n) is 14.4. The van der Waals surface area contributed by atoms with Gasteiger partial charge in [-0.1, -0.05) is 29.8 Å². The normalized spacial score (nSPS) is 23.8. The summed E-state index contributed by atoms with van der Waals surface area (Å²) in [5.74, 6) is -1.06. The minimum absolute atomic E-state index is 0.00372. The Balaban J connectivity index is 1.40. The first kappa shape index (κ1) is 29.1. The van der Waals surface area contributed by atoms with Crippen molar-refractivity contribution >= 4 is 54.7 Å². The molecule has 3 aliphatic rings. The predicted octanol–water partition coefficient (Wildman–Crippen LogP) is 5.98. The van der Waals surface area contributed by atoms with E-state index in [0.717, 1.165) is 30.7 Å². The molecule has 2 fully saturated rings. The molecule has 0 aliphatic carbocycles. The monoisotopic (exact) mass is 640 g/mol. The Bertz CT molecular complexity index is 1880. The maximum atomic E-state index is 16.8. The molecule has 13 heteroatoms. The van der Waals surface area contributed by atoms with Gasteiger partial charge in [-0.15, -0.1) is 11.3 Å². The molecule has 0 spiro atoms. The van der Waals surface area contributed by atoms with Gasteiger partial charge in [0, 0.05) is 42.4 Å². The zero-order valence-electron chi connectivity index (χ0n) is 23.5. The van der Waals surface area contributed by atoms with Crippen LogP contribution in [0.5, 0.6) is 6.01 Å². The second-order valence-electron chi connectivity index (χ2n) is 11.6. The van der Waals surface area contributed by atoms with Crippen molar-refractivity contribution in [2.75, 3.05) is 43.4 Å². The summed E-state index contributed by atoms with van der Waals surface area (Å²) >= 11 is 7.67. The molecule has 3 N–H and O–H groups in total. The van der Waals surface area contributed by atoms with Crippen LogP contribution in [0.4, 0.5) is 24.0 Å². The van der Waals surface area contributed by atoms with E-state index in [4.69, 9.17) is 22.1 Å². The molecule has 4 aromatic rings. The first-order valence-corrected chi connectivity index (χ1v) is 15.6. The maximum Gasteiger partial charge on any atom is 0.319 e. The number of nitrogen functional groups attached to an aromatic ring is 1. The molecule has 0 bridgehead atoms. The average molecular weight is 641 g/mol. The fraction of sp³-hybridized carbons (Fsp3) is 0.387. The van der Waals surface area contributed by atoms with Crippen LogP contribution in [0.15, 0.2) is 30.4 Å². The third kappa shape index (κ3) is 4.74. The average Bonchev–Trinajstić information content (AvgIpc) is 3.57. The molecule has 0 radical (unpaired) electrons. The lowest BCUT2D eigenvalue weighted by Crippen LogP contribution is -2.43. The third-order valence-electron chi connectivity index (χ3n) is 8.90. The lowest BCUT2D eigenvalue weighted by atomic mass is 9.95. The molecule has 3 atom stereocenters. The van der Waals surface area contributed by atoms with Crippen molar-refractivity contribution in [1.29, 1.82) is 5.26 Å². The van der Waals surface area contributed by atoms with E-state index in [1.807, 2.05) is 17.0 Å². The Morgan fingerprint density at radius 1 is 1.25 bits per heavy atom. The van der Waals surface area contributed by atoms with E-state index < -0.39 is 29.4 Å². The molecule has 228 valence electrons. The van der Waals surface area contributed by atoms with Crippen LogP contribution < -0.4 is 15.4 Å². The number of anilines is 2. The van der Waals surface area contributed by atoms with Crippen molar-refractivity contribution in [3.8, 4) is 23.2 Å². The fourth-order valence-electron chi connectivity index (χ4n) is 6.92. The highest BCUT2D eigenvalue weighted by molar-refractivity contribution is 7.23. The molecule has 2 saturated heterocycles. The number of ether oxygens (including phenoxy) is 1. The topological polar surface area (TPSA) is 112 Å². The molecule has 0 amide bonds. The Morgan fingerprint density at radius 3 is 2.91 bits per heavy atom. The van der Waals surface area contributed by atoms with Gasteiger partial charge < -0.3 is 20.5 Å². The Morgan fingerprint density at radius 2 is 2.09 bits per heavy atom. The maximum absolute atomic E-state index is 16.8. The second-order valence-corrected chi connectivity index (χ2v) is 13.1. The molecular formula is C31H28ClF3N6O2S. The van der Waals surface area contributed by atoms with Gasteiger partial charge in [0.2, 0.25) is 0 Å². The standard InChI is InChI=1S/C31H28ClF3N6O2S/c32-21-10-19-26(25(35)24(21)18-5-6-22(34)27-23(18)20(12-36)28(37)44-27)38-30(39-29(19)40-8-2-1-4-17(42)14-40)43-15-31-7-3-9-41(31)13-16(33)11-31/h1,4-6,10,16-17,42H,2-3,7-9,11,13-15,37H2/t16-,17?,31+/m1/s1. The van der Waals surface area contributed by atoms with E-state index in [9.17, 15) is 19.1 Å². The number of benzene rings is 2. The predicted molar refractivity (Wildman–Crippen MR) is 165 cm³/mol. The van der Waals surface area contributed by atoms with Crippen LogP contribution in [-0.2, 0) is 0 Å². The van der Waals surface area contributed by atoms with E-state index in [-0.39, 0.29) is 61.5 Å². The number of thiophene rings is 1. The quantitative estimate of drug-likeness (QED) is 0.256. The number of aliphatic hydroxyl groups is 1. The number of hydrogen-bond acceptors (Lipinski definition) is 9. The smallest absolute Gasteiger partial charge is 0.319 e. The Hall–Kier alpha value is -3.63. The van der Waals surface area contributed by atoms with E-state index in [1.54, 1.807) is 6.08 Å². The number of nitrogens with zero attached hydrogens (tertiary/aromatic N) is 5. The van der Waals surface area contributed by atoms with E-state index in [2.05, 4.69) is 14.9 Å². The molecular weight excluding hydrogens is 613 g/mol. The summed E-state index contributed by atoms with van der Waals surface area (Å²) in [5.41, 5.74) is 5.64. The molecule has 8 nitrogen and oxygen atoms in total. The lowest BCUT2D eigenvalue weighted by Gasteiger charge is -2.31. The number of nitrogens with two attached hydrogens (primary N) is 1. The highest BCUT2D eigenvalue weighted by Crippen LogP contribution is 2.46. The summed E-state index contributed by atoms with van der Waals surface area (Å²) in [5, 5.41) is 20.9. The summed E-state index contributed by atoms with van der Waals surface area (Å²) in [4.78, 5) is 13.1. The van der Waals surface area contributed by atoms with Crippen molar-refractivity contribution in [3.63, 3.8) is 0 Å². The second kappa shape index (κ2) is 11.1. The summed E-state index contributed by atoms with van der Waals surface area (Å²) < 4.78 is 52.3. The molecule has 2 aromatic carbocycles. The van der Waals surface area contributed by atoms with Gasteiger partial charge in [0.1, 0.15) is 41.0 Å². The first-order chi connectivity index (χ1) is 21.2. The molecule has 44 heavy (non-hydrogen) atoms. The van der Waals surface area contributed by atoms with Crippen LogP contribution in [0.1, 0.15) is 31.2 Å². The number of aliphatic hydroxyl groups excluding tert-OH is 1. The van der Waals surface area contributed by atoms with Crippen molar-refractivity contribution in [3.05, 3.63) is 52.6 Å². The van der Waals surface area contributed by atoms with E-state index >= 15 is 4.39 Å². The molecule has 2 aromatic heterocycles. The van der Waals surface area contributed by atoms with Gasteiger partial charge in [0.05, 0.1) is 26.9 Å². The van der Waals surface area contributed by atoms with Crippen LogP contribution in [0.25, 0.3) is 32.1 Å². The molecule has 3 aliphatic heterocycles. The molecule has 0 saturated carbocycles. The van der Waals surface area contributed by atoms with Gasteiger partial charge in [-0.2, -0.15) is 15.2 Å². The third-order valence-corrected chi connectivity index (χ3v) is 10.2. The highest BCUT2D eigenvalue weighted by atomic mass is 35.5. The van der Waals surface area contributed by atoms with Crippen molar-refractivity contribution in [2.24, 2.45) is 0 Å². The number of aromatic nitrogens is 2. The summed E-state index contributed by atoms with van der Waals surface area (Å²) in [6, 6.07) is 6.02. The minimum atomic E-state index is -0.947. The van der Waals surface area contributed by atoms with Crippen molar-refractivity contribution in [1.82, 2.24) is 14.9 Å². The molecule has 5 heterocycles. The summed E-state index contributed by atoms with van der Waals surface area (Å²) in [7, 11) is 0. The number of alkyl halides is 1. The fourth-order valence-corrected chi connectivity index (χ4v) is 8.17. The Labute approximate surface area is 260 Å². The minimum Gasteiger partial charge on any atom is -0.461 e. The van der Waals surface area contributed by atoms with Gasteiger partial charge in [-0.05, 0) is 43.5 Å².